The molecule has 1 fully saturated rings. The fraction of sp³-hybridized carbons (Fsp3) is 0.737. The zero-order valence-corrected chi connectivity index (χ0v) is 15.8. The fourth-order valence-electron chi connectivity index (χ4n) is 2.95. The van der Waals surface area contributed by atoms with Crippen molar-refractivity contribution in [3.63, 3.8) is 0 Å². The lowest BCUT2D eigenvalue weighted by molar-refractivity contribution is -0.135. The minimum atomic E-state index is -0.235. The third kappa shape index (κ3) is 5.49. The molecular formula is C19H29NO2S. The van der Waals surface area contributed by atoms with Crippen molar-refractivity contribution < 1.29 is 9.53 Å². The predicted octanol–water partition coefficient (Wildman–Crippen LogP) is 4.09. The second-order valence-corrected chi connectivity index (χ2v) is 8.94. The Hall–Kier alpha value is -1.08. The summed E-state index contributed by atoms with van der Waals surface area (Å²) in [7, 11) is 1.45. The van der Waals surface area contributed by atoms with Gasteiger partial charge in [-0.05, 0) is 52.4 Å². The third-order valence-corrected chi connectivity index (χ3v) is 5.51. The summed E-state index contributed by atoms with van der Waals surface area (Å²) in [4.78, 5) is 12.8. The third-order valence-electron chi connectivity index (χ3n) is 4.30. The molecule has 1 aliphatic heterocycles. The SMILES string of the molecule is COC(=O)C1=C(NC2CCC(C)CC2)CC(C#CC(C)(C)C)S1. The Morgan fingerprint density at radius 2 is 1.91 bits per heavy atom. The molecule has 0 spiro atoms. The number of ether oxygens (including phenoxy) is 1. The van der Waals surface area contributed by atoms with Crippen LogP contribution in [0.4, 0.5) is 0 Å². The Morgan fingerprint density at radius 1 is 1.26 bits per heavy atom. The van der Waals surface area contributed by atoms with Crippen LogP contribution in [0.1, 0.15) is 59.8 Å². The van der Waals surface area contributed by atoms with Crippen LogP contribution in [-0.2, 0) is 9.53 Å². The van der Waals surface area contributed by atoms with Crippen LogP contribution in [0.3, 0.4) is 0 Å². The standard InChI is InChI=1S/C19H29NO2S/c1-13-6-8-14(9-7-13)20-16-12-15(10-11-19(2,3)4)23-17(16)18(21)22-5/h13-15,20H,6-9,12H2,1-5H3. The van der Waals surface area contributed by atoms with E-state index in [0.29, 0.717) is 6.04 Å². The van der Waals surface area contributed by atoms with Crippen LogP contribution in [0, 0.1) is 23.2 Å². The highest BCUT2D eigenvalue weighted by Crippen LogP contribution is 2.38. The Bertz CT molecular complexity index is 528. The lowest BCUT2D eigenvalue weighted by Crippen LogP contribution is -2.33. The minimum absolute atomic E-state index is 0.0122. The Morgan fingerprint density at radius 3 is 2.48 bits per heavy atom. The van der Waals surface area contributed by atoms with Gasteiger partial charge in [-0.15, -0.1) is 0 Å². The van der Waals surface area contributed by atoms with Gasteiger partial charge in [-0.2, -0.15) is 0 Å². The van der Waals surface area contributed by atoms with Gasteiger partial charge in [0.1, 0.15) is 4.91 Å². The molecule has 0 aromatic carbocycles. The summed E-state index contributed by atoms with van der Waals surface area (Å²) in [6, 6.07) is 0.482. The van der Waals surface area contributed by atoms with Gasteiger partial charge in [-0.25, -0.2) is 4.79 Å². The molecule has 1 saturated carbocycles. The van der Waals surface area contributed by atoms with Gasteiger partial charge < -0.3 is 10.1 Å². The molecule has 1 unspecified atom stereocenters. The molecule has 3 nitrogen and oxygen atoms in total. The first-order chi connectivity index (χ1) is 10.8. The van der Waals surface area contributed by atoms with Crippen molar-refractivity contribution in [3.05, 3.63) is 10.6 Å². The van der Waals surface area contributed by atoms with Gasteiger partial charge >= 0.3 is 5.97 Å². The number of hydrogen-bond donors (Lipinski definition) is 1. The molecule has 0 aromatic rings. The molecule has 0 saturated heterocycles. The fourth-order valence-corrected chi connectivity index (χ4v) is 4.07. The molecule has 1 atom stereocenters. The highest BCUT2D eigenvalue weighted by molar-refractivity contribution is 8.05. The monoisotopic (exact) mass is 335 g/mol. The average molecular weight is 336 g/mol. The summed E-state index contributed by atoms with van der Waals surface area (Å²) in [5, 5.41) is 3.77. The van der Waals surface area contributed by atoms with Crippen molar-refractivity contribution in [1.82, 2.24) is 5.32 Å². The summed E-state index contributed by atoms with van der Waals surface area (Å²) in [5.41, 5.74) is 1.02. The number of rotatable bonds is 3. The first-order valence-electron chi connectivity index (χ1n) is 8.56. The number of nitrogens with one attached hydrogen (secondary N) is 1. The van der Waals surface area contributed by atoms with E-state index in [1.54, 1.807) is 11.8 Å². The van der Waals surface area contributed by atoms with Crippen LogP contribution in [0.5, 0.6) is 0 Å². The Labute approximate surface area is 145 Å². The molecule has 4 heteroatoms. The normalized spacial score (nSPS) is 28.1. The number of hydrogen-bond acceptors (Lipinski definition) is 4. The van der Waals surface area contributed by atoms with Crippen molar-refractivity contribution in [2.75, 3.05) is 7.11 Å². The molecular weight excluding hydrogens is 306 g/mol. The summed E-state index contributed by atoms with van der Waals surface area (Å²) < 4.78 is 4.96. The first-order valence-corrected chi connectivity index (χ1v) is 9.44. The van der Waals surface area contributed by atoms with Crippen molar-refractivity contribution in [1.29, 1.82) is 0 Å². The molecule has 1 aliphatic carbocycles. The highest BCUT2D eigenvalue weighted by Gasteiger charge is 2.31. The number of thioether (sulfide) groups is 1. The second kappa shape index (κ2) is 7.66. The van der Waals surface area contributed by atoms with Crippen molar-refractivity contribution in [3.8, 4) is 11.8 Å². The van der Waals surface area contributed by atoms with Crippen LogP contribution in [-0.4, -0.2) is 24.4 Å². The second-order valence-electron chi connectivity index (χ2n) is 7.73. The summed E-state index contributed by atoms with van der Waals surface area (Å²) in [6.07, 6.45) is 5.70. The topological polar surface area (TPSA) is 38.3 Å². The van der Waals surface area contributed by atoms with E-state index in [4.69, 9.17) is 4.74 Å². The minimum Gasteiger partial charge on any atom is -0.465 e. The van der Waals surface area contributed by atoms with Crippen molar-refractivity contribution in [2.24, 2.45) is 11.3 Å². The number of carbonyl (C=O) groups is 1. The van der Waals surface area contributed by atoms with E-state index in [1.165, 1.54) is 32.8 Å². The maximum absolute atomic E-state index is 12.1. The molecule has 2 rings (SSSR count). The predicted molar refractivity (Wildman–Crippen MR) is 96.8 cm³/mol. The van der Waals surface area contributed by atoms with E-state index in [1.807, 2.05) is 0 Å². The summed E-state index contributed by atoms with van der Waals surface area (Å²) in [6.45, 7) is 8.64. The van der Waals surface area contributed by atoms with Crippen LogP contribution < -0.4 is 5.32 Å². The molecule has 0 bridgehead atoms. The van der Waals surface area contributed by atoms with Gasteiger partial charge in [0.15, 0.2) is 0 Å². The summed E-state index contributed by atoms with van der Waals surface area (Å²) >= 11 is 1.55. The maximum Gasteiger partial charge on any atom is 0.346 e. The zero-order valence-electron chi connectivity index (χ0n) is 15.0. The number of esters is 1. The van der Waals surface area contributed by atoms with Crippen LogP contribution in [0.2, 0.25) is 0 Å². The van der Waals surface area contributed by atoms with Crippen LogP contribution in [0.15, 0.2) is 10.6 Å². The average Bonchev–Trinajstić information content (AvgIpc) is 2.89. The van der Waals surface area contributed by atoms with E-state index in [0.717, 1.165) is 22.9 Å². The van der Waals surface area contributed by atoms with Gasteiger partial charge in [0.05, 0.1) is 12.4 Å². The number of methoxy groups -OCH3 is 1. The molecule has 0 aromatic heterocycles. The van der Waals surface area contributed by atoms with E-state index < -0.39 is 0 Å². The van der Waals surface area contributed by atoms with Gasteiger partial charge in [-0.1, -0.05) is 30.5 Å². The molecule has 0 radical (unpaired) electrons. The van der Waals surface area contributed by atoms with Crippen molar-refractivity contribution in [2.45, 2.75) is 71.1 Å². The van der Waals surface area contributed by atoms with Crippen molar-refractivity contribution >= 4 is 17.7 Å². The molecule has 1 heterocycles. The van der Waals surface area contributed by atoms with E-state index in [9.17, 15) is 4.79 Å². The quantitative estimate of drug-likeness (QED) is 0.623. The Balaban J connectivity index is 2.06. The first kappa shape index (κ1) is 18.3. The number of allylic oxidation sites excluding steroid dienone is 1. The smallest absolute Gasteiger partial charge is 0.346 e. The molecule has 23 heavy (non-hydrogen) atoms. The van der Waals surface area contributed by atoms with E-state index in [-0.39, 0.29) is 16.6 Å². The largest absolute Gasteiger partial charge is 0.465 e. The molecule has 128 valence electrons. The van der Waals surface area contributed by atoms with E-state index >= 15 is 0 Å². The van der Waals surface area contributed by atoms with Crippen LogP contribution >= 0.6 is 11.8 Å². The summed E-state index contributed by atoms with van der Waals surface area (Å²) in [5.74, 6) is 7.21. The highest BCUT2D eigenvalue weighted by atomic mass is 32.2. The van der Waals surface area contributed by atoms with Gasteiger partial charge in [0.2, 0.25) is 0 Å². The lowest BCUT2D eigenvalue weighted by atomic mass is 9.87. The van der Waals surface area contributed by atoms with Gasteiger partial charge in [0, 0.05) is 23.6 Å². The zero-order chi connectivity index (χ0) is 17.0. The lowest BCUT2D eigenvalue weighted by Gasteiger charge is -2.28. The maximum atomic E-state index is 12.1. The Kier molecular flexibility index (Phi) is 6.08. The van der Waals surface area contributed by atoms with Crippen LogP contribution in [0.25, 0.3) is 0 Å². The molecule has 2 aliphatic rings. The number of carbonyl (C=O) groups excluding carboxylic acids is 1. The molecule has 1 N–H and O–H groups in total. The molecule has 0 amide bonds. The van der Waals surface area contributed by atoms with E-state index in [2.05, 4.69) is 44.9 Å². The van der Waals surface area contributed by atoms with Gasteiger partial charge in [0.25, 0.3) is 0 Å². The van der Waals surface area contributed by atoms with Gasteiger partial charge in [-0.3, -0.25) is 0 Å².